The molecule has 1 aliphatic rings. The first kappa shape index (κ1) is 18.6. The Balaban J connectivity index is 1.41. The van der Waals surface area contributed by atoms with Crippen molar-refractivity contribution in [2.45, 2.75) is 32.8 Å². The number of nitrogens with zero attached hydrogens (tertiary/aromatic N) is 2. The third kappa shape index (κ3) is 4.23. The highest BCUT2D eigenvalue weighted by atomic mass is 32.1. The lowest BCUT2D eigenvalue weighted by Crippen LogP contribution is -2.29. The van der Waals surface area contributed by atoms with Gasteiger partial charge in [0.15, 0.2) is 5.82 Å². The van der Waals surface area contributed by atoms with Gasteiger partial charge in [0.25, 0.3) is 5.89 Å². The minimum atomic E-state index is -0.231. The molecule has 4 rings (SSSR count). The van der Waals surface area contributed by atoms with Crippen LogP contribution in [-0.4, -0.2) is 29.3 Å². The smallest absolute Gasteiger partial charge is 0.319 e. The van der Waals surface area contributed by atoms with E-state index in [9.17, 15) is 4.79 Å². The van der Waals surface area contributed by atoms with Crippen LogP contribution >= 0.6 is 11.3 Å². The summed E-state index contributed by atoms with van der Waals surface area (Å²) < 4.78 is 10.9. The normalized spacial score (nSPS) is 13.2. The lowest BCUT2D eigenvalue weighted by molar-refractivity contribution is 0.113. The van der Waals surface area contributed by atoms with Crippen LogP contribution in [0.1, 0.15) is 28.2 Å². The lowest BCUT2D eigenvalue weighted by atomic mass is 10.1. The van der Waals surface area contributed by atoms with Crippen LogP contribution in [0.4, 0.5) is 9.80 Å². The fraction of sp³-hybridized carbons (Fsp3) is 0.350. The fourth-order valence-electron chi connectivity index (χ4n) is 3.23. The quantitative estimate of drug-likeness (QED) is 0.614. The first-order chi connectivity index (χ1) is 13.7. The second-order valence-electron chi connectivity index (χ2n) is 6.63. The summed E-state index contributed by atoms with van der Waals surface area (Å²) in [6.45, 7) is 3.57. The van der Waals surface area contributed by atoms with Crippen molar-refractivity contribution in [3.63, 3.8) is 0 Å². The van der Waals surface area contributed by atoms with Crippen molar-refractivity contribution in [3.8, 4) is 11.5 Å². The first-order valence-corrected chi connectivity index (χ1v) is 10.1. The second-order valence-corrected chi connectivity index (χ2v) is 7.73. The van der Waals surface area contributed by atoms with Crippen LogP contribution in [0.15, 0.2) is 34.9 Å². The van der Waals surface area contributed by atoms with E-state index >= 15 is 0 Å². The van der Waals surface area contributed by atoms with Gasteiger partial charge in [-0.05, 0) is 37.3 Å². The largest absolute Gasteiger partial charge is 0.376 e. The molecule has 2 amide bonds. The molecular formula is C20H22N4O3S. The monoisotopic (exact) mass is 398 g/mol. The number of nitrogens with one attached hydrogen (secondary N) is 2. The lowest BCUT2D eigenvalue weighted by Gasteiger charge is -2.12. The van der Waals surface area contributed by atoms with Gasteiger partial charge in [0.2, 0.25) is 0 Å². The number of fused-ring (bicyclic) bond motifs is 1. The van der Waals surface area contributed by atoms with Crippen molar-refractivity contribution in [2.75, 3.05) is 18.5 Å². The third-order valence-corrected chi connectivity index (χ3v) is 5.68. The number of thiophene rings is 1. The molecule has 3 aromatic rings. The minimum Gasteiger partial charge on any atom is -0.376 e. The number of carbonyl (C=O) groups is 1. The van der Waals surface area contributed by atoms with Crippen LogP contribution in [0.2, 0.25) is 0 Å². The molecule has 0 unspecified atom stereocenters. The van der Waals surface area contributed by atoms with Gasteiger partial charge >= 0.3 is 6.03 Å². The number of rotatable bonds is 6. The number of aryl methyl sites for hydroxylation is 2. The molecule has 0 fully saturated rings. The number of aromatic nitrogens is 2. The molecule has 0 spiro atoms. The van der Waals surface area contributed by atoms with Crippen molar-refractivity contribution in [3.05, 3.63) is 52.2 Å². The van der Waals surface area contributed by atoms with Gasteiger partial charge in [0.1, 0.15) is 5.00 Å². The Morgan fingerprint density at radius 3 is 2.93 bits per heavy atom. The first-order valence-electron chi connectivity index (χ1n) is 9.32. The number of hydrogen-bond acceptors (Lipinski definition) is 6. The van der Waals surface area contributed by atoms with Crippen LogP contribution in [0.5, 0.6) is 0 Å². The molecule has 3 heterocycles. The number of carbonyl (C=O) groups excluding carboxylic acids is 1. The van der Waals surface area contributed by atoms with E-state index in [0.717, 1.165) is 40.3 Å². The van der Waals surface area contributed by atoms with E-state index < -0.39 is 0 Å². The summed E-state index contributed by atoms with van der Waals surface area (Å²) in [4.78, 5) is 17.9. The molecule has 0 saturated carbocycles. The predicted molar refractivity (Wildman–Crippen MR) is 107 cm³/mol. The molecule has 146 valence electrons. The number of ether oxygens (including phenoxy) is 1. The maximum atomic E-state index is 12.4. The molecule has 8 heteroatoms. The Kier molecular flexibility index (Phi) is 5.68. The number of amides is 2. The number of hydrogen-bond donors (Lipinski definition) is 2. The molecule has 7 nitrogen and oxygen atoms in total. The maximum absolute atomic E-state index is 12.4. The summed E-state index contributed by atoms with van der Waals surface area (Å²) in [6.07, 6.45) is 2.57. The highest BCUT2D eigenvalue weighted by Gasteiger charge is 2.26. The van der Waals surface area contributed by atoms with Gasteiger partial charge in [-0.3, -0.25) is 5.32 Å². The molecule has 1 aliphatic heterocycles. The molecule has 0 aliphatic carbocycles. The molecule has 0 saturated heterocycles. The average Bonchev–Trinajstić information content (AvgIpc) is 3.28. The van der Waals surface area contributed by atoms with E-state index in [1.165, 1.54) is 16.9 Å². The zero-order valence-corrected chi connectivity index (χ0v) is 16.5. The summed E-state index contributed by atoms with van der Waals surface area (Å²) >= 11 is 1.51. The van der Waals surface area contributed by atoms with E-state index in [1.54, 1.807) is 6.92 Å². The summed E-state index contributed by atoms with van der Waals surface area (Å²) in [6, 6.07) is 10.0. The topological polar surface area (TPSA) is 89.3 Å². The van der Waals surface area contributed by atoms with Crippen molar-refractivity contribution in [1.29, 1.82) is 0 Å². The van der Waals surface area contributed by atoms with Crippen LogP contribution in [0.3, 0.4) is 0 Å². The maximum Gasteiger partial charge on any atom is 0.319 e. The summed E-state index contributed by atoms with van der Waals surface area (Å²) in [5, 5.41) is 10.5. The Bertz CT molecular complexity index is 952. The summed E-state index contributed by atoms with van der Waals surface area (Å²) in [5.74, 6) is 1.01. The molecule has 0 bridgehead atoms. The van der Waals surface area contributed by atoms with E-state index in [1.807, 2.05) is 18.2 Å². The number of anilines is 1. The van der Waals surface area contributed by atoms with Crippen LogP contribution < -0.4 is 10.6 Å². The Morgan fingerprint density at radius 1 is 1.29 bits per heavy atom. The van der Waals surface area contributed by atoms with E-state index in [0.29, 0.717) is 31.5 Å². The molecule has 0 radical (unpaired) electrons. The van der Waals surface area contributed by atoms with Crippen molar-refractivity contribution >= 4 is 22.4 Å². The van der Waals surface area contributed by atoms with Crippen LogP contribution in [0, 0.1) is 6.92 Å². The van der Waals surface area contributed by atoms with Crippen molar-refractivity contribution < 1.29 is 14.1 Å². The summed E-state index contributed by atoms with van der Waals surface area (Å²) in [7, 11) is 0. The predicted octanol–water partition coefficient (Wildman–Crippen LogP) is 3.93. The SMILES string of the molecule is Cc1noc(-c2c(NC(=O)NCCCc3ccccc3)sc3c2CCOC3)n1. The molecule has 28 heavy (non-hydrogen) atoms. The standard InChI is InChI=1S/C20H22N4O3S/c1-13-22-18(27-24-13)17-15-9-11-26-12-16(15)28-19(17)23-20(25)21-10-5-8-14-6-3-2-4-7-14/h2-4,6-7H,5,8-12H2,1H3,(H2,21,23,25). The van der Waals surface area contributed by atoms with Crippen LogP contribution in [-0.2, 0) is 24.2 Å². The van der Waals surface area contributed by atoms with Gasteiger partial charge in [-0.15, -0.1) is 11.3 Å². The average molecular weight is 398 g/mol. The summed E-state index contributed by atoms with van der Waals surface area (Å²) in [5.41, 5.74) is 3.22. The highest BCUT2D eigenvalue weighted by Crippen LogP contribution is 2.42. The van der Waals surface area contributed by atoms with Gasteiger partial charge in [-0.2, -0.15) is 4.98 Å². The van der Waals surface area contributed by atoms with E-state index in [4.69, 9.17) is 9.26 Å². The molecule has 2 aromatic heterocycles. The van der Waals surface area contributed by atoms with Gasteiger partial charge in [0, 0.05) is 11.4 Å². The fourth-order valence-corrected chi connectivity index (χ4v) is 4.40. The highest BCUT2D eigenvalue weighted by molar-refractivity contribution is 7.17. The van der Waals surface area contributed by atoms with Crippen molar-refractivity contribution in [1.82, 2.24) is 15.5 Å². The number of benzene rings is 1. The van der Waals surface area contributed by atoms with Crippen LogP contribution in [0.25, 0.3) is 11.5 Å². The zero-order valence-electron chi connectivity index (χ0n) is 15.7. The van der Waals surface area contributed by atoms with Gasteiger partial charge in [-0.25, -0.2) is 4.79 Å². The second kappa shape index (κ2) is 8.53. The van der Waals surface area contributed by atoms with Crippen molar-refractivity contribution in [2.24, 2.45) is 0 Å². The van der Waals surface area contributed by atoms with E-state index in [-0.39, 0.29) is 6.03 Å². The molecule has 0 atom stereocenters. The Hall–Kier alpha value is -2.71. The Morgan fingerprint density at radius 2 is 2.14 bits per heavy atom. The minimum absolute atomic E-state index is 0.231. The molecular weight excluding hydrogens is 376 g/mol. The molecule has 2 N–H and O–H groups in total. The van der Waals surface area contributed by atoms with Gasteiger partial charge in [0.05, 0.1) is 18.8 Å². The van der Waals surface area contributed by atoms with E-state index in [2.05, 4.69) is 32.9 Å². The third-order valence-electron chi connectivity index (χ3n) is 4.56. The number of urea groups is 1. The van der Waals surface area contributed by atoms with Gasteiger partial charge in [-0.1, -0.05) is 35.5 Å². The molecule has 1 aromatic carbocycles. The van der Waals surface area contributed by atoms with Gasteiger partial charge < -0.3 is 14.6 Å². The Labute approximate surface area is 167 Å². The zero-order chi connectivity index (χ0) is 19.3.